The molecule has 0 bridgehead atoms. The van der Waals surface area contributed by atoms with Gasteiger partial charge in [-0.3, -0.25) is 4.79 Å². The van der Waals surface area contributed by atoms with Gasteiger partial charge in [-0.2, -0.15) is 0 Å². The molecule has 0 fully saturated rings. The molecule has 0 aromatic rings. The van der Waals surface area contributed by atoms with Crippen molar-refractivity contribution in [3.8, 4) is 0 Å². The molecule has 37 heavy (non-hydrogen) atoms. The minimum absolute atomic E-state index is 0.311. The average molecular weight is 527 g/mol. The predicted molar refractivity (Wildman–Crippen MR) is 161 cm³/mol. The van der Waals surface area contributed by atoms with E-state index in [0.29, 0.717) is 6.42 Å². The van der Waals surface area contributed by atoms with Gasteiger partial charge in [0.05, 0.1) is 20.6 Å². The second-order valence-electron chi connectivity index (χ2n) is 13.0. The second kappa shape index (κ2) is 24.4. The third-order valence-corrected chi connectivity index (χ3v) is 7.99. The van der Waals surface area contributed by atoms with E-state index in [2.05, 4.69) is 21.0 Å². The van der Waals surface area contributed by atoms with Crippen molar-refractivity contribution in [2.75, 3.05) is 27.2 Å². The number of quaternary nitrogens is 1. The van der Waals surface area contributed by atoms with Gasteiger partial charge < -0.3 is 14.7 Å². The van der Waals surface area contributed by atoms with Crippen molar-refractivity contribution in [2.24, 2.45) is 0 Å². The number of carboxylic acids is 1. The Morgan fingerprint density at radius 1 is 0.595 bits per heavy atom. The van der Waals surface area contributed by atoms with E-state index in [0.717, 1.165) is 49.7 Å². The van der Waals surface area contributed by atoms with E-state index in [9.17, 15) is 9.90 Å². The van der Waals surface area contributed by atoms with E-state index in [-0.39, 0.29) is 0 Å². The summed E-state index contributed by atoms with van der Waals surface area (Å²) in [7, 11) is 4.52. The SMILES string of the molecule is CCCCCCCCCCCCCCCCCCC(C)(O)C[N+](C)(C)CCCCCCCCCC(=O)O. The van der Waals surface area contributed by atoms with E-state index in [4.69, 9.17) is 5.11 Å². The first-order chi connectivity index (χ1) is 17.7. The topological polar surface area (TPSA) is 57.5 Å². The van der Waals surface area contributed by atoms with Crippen LogP contribution in [0.4, 0.5) is 0 Å². The molecule has 0 radical (unpaired) electrons. The first-order valence-electron chi connectivity index (χ1n) is 16.4. The molecule has 0 heterocycles. The van der Waals surface area contributed by atoms with E-state index in [1.54, 1.807) is 0 Å². The van der Waals surface area contributed by atoms with Gasteiger partial charge in [-0.05, 0) is 32.6 Å². The Morgan fingerprint density at radius 3 is 1.35 bits per heavy atom. The fourth-order valence-corrected chi connectivity index (χ4v) is 5.83. The molecule has 0 aliphatic rings. The van der Waals surface area contributed by atoms with Gasteiger partial charge in [0.25, 0.3) is 0 Å². The number of aliphatic carboxylic acids is 1. The van der Waals surface area contributed by atoms with E-state index in [1.165, 1.54) is 122 Å². The van der Waals surface area contributed by atoms with E-state index in [1.807, 2.05) is 6.92 Å². The van der Waals surface area contributed by atoms with Crippen molar-refractivity contribution in [3.63, 3.8) is 0 Å². The summed E-state index contributed by atoms with van der Waals surface area (Å²) < 4.78 is 0.893. The van der Waals surface area contributed by atoms with Crippen LogP contribution in [0.3, 0.4) is 0 Å². The van der Waals surface area contributed by atoms with Crippen LogP contribution in [0, 0.1) is 0 Å². The Morgan fingerprint density at radius 2 is 0.946 bits per heavy atom. The number of aliphatic hydroxyl groups is 1. The van der Waals surface area contributed by atoms with Crippen molar-refractivity contribution in [3.05, 3.63) is 0 Å². The lowest BCUT2D eigenvalue weighted by molar-refractivity contribution is -0.896. The summed E-state index contributed by atoms with van der Waals surface area (Å²) in [5.74, 6) is -0.675. The van der Waals surface area contributed by atoms with Crippen molar-refractivity contribution >= 4 is 5.97 Å². The lowest BCUT2D eigenvalue weighted by atomic mass is 9.96. The summed E-state index contributed by atoms with van der Waals surface area (Å²) in [5.41, 5.74) is -0.566. The number of hydrogen-bond acceptors (Lipinski definition) is 2. The first kappa shape index (κ1) is 36.4. The molecule has 0 aromatic heterocycles. The number of nitrogens with zero attached hydrogens (tertiary/aromatic N) is 1. The highest BCUT2D eigenvalue weighted by molar-refractivity contribution is 5.66. The number of rotatable bonds is 29. The van der Waals surface area contributed by atoms with Crippen LogP contribution >= 0.6 is 0 Å². The Hall–Kier alpha value is -0.610. The summed E-state index contributed by atoms with van der Waals surface area (Å²) in [6.45, 7) is 6.28. The van der Waals surface area contributed by atoms with Crippen LogP contribution in [0.5, 0.6) is 0 Å². The summed E-state index contributed by atoms with van der Waals surface area (Å²) in [4.78, 5) is 10.5. The third kappa shape index (κ3) is 28.2. The molecule has 0 aliphatic heterocycles. The fourth-order valence-electron chi connectivity index (χ4n) is 5.83. The molecule has 1 atom stereocenters. The predicted octanol–water partition coefficient (Wildman–Crippen LogP) is 9.67. The van der Waals surface area contributed by atoms with Crippen LogP contribution in [-0.2, 0) is 4.79 Å². The summed E-state index contributed by atoms with van der Waals surface area (Å²) in [6, 6.07) is 0. The lowest BCUT2D eigenvalue weighted by Crippen LogP contribution is -2.50. The van der Waals surface area contributed by atoms with Crippen molar-refractivity contribution in [1.29, 1.82) is 0 Å². The standard InChI is InChI=1S/C33H67NO3/c1-5-6-7-8-9-10-11-12-13-14-15-16-17-20-23-26-29-33(2,37)31-34(3,4)30-27-24-21-18-19-22-25-28-32(35)36/h37H,5-31H2,1-4H3/p+1. The second-order valence-corrected chi connectivity index (χ2v) is 13.0. The molecule has 0 aromatic carbocycles. The van der Waals surface area contributed by atoms with Crippen molar-refractivity contribution < 1.29 is 19.5 Å². The van der Waals surface area contributed by atoms with Gasteiger partial charge in [-0.15, -0.1) is 0 Å². The Bertz CT molecular complexity index is 504. The summed E-state index contributed by atoms with van der Waals surface area (Å²) >= 11 is 0. The molecule has 4 heteroatoms. The maximum absolute atomic E-state index is 11.0. The molecule has 0 aliphatic carbocycles. The summed E-state index contributed by atoms with van der Waals surface area (Å²) in [5, 5.41) is 19.6. The highest BCUT2D eigenvalue weighted by Gasteiger charge is 2.29. The molecule has 0 rings (SSSR count). The molecule has 2 N–H and O–H groups in total. The maximum atomic E-state index is 11.0. The van der Waals surface area contributed by atoms with Crippen molar-refractivity contribution in [2.45, 2.75) is 180 Å². The Kier molecular flexibility index (Phi) is 24.0. The van der Waals surface area contributed by atoms with E-state index >= 15 is 0 Å². The number of hydrogen-bond donors (Lipinski definition) is 2. The number of carbonyl (C=O) groups is 1. The van der Waals surface area contributed by atoms with Gasteiger partial charge in [0.1, 0.15) is 12.1 Å². The van der Waals surface area contributed by atoms with Gasteiger partial charge in [-0.1, -0.05) is 135 Å². The Labute approximate surface area is 232 Å². The summed E-state index contributed by atoms with van der Waals surface area (Å²) in [6.07, 6.45) is 31.3. The zero-order chi connectivity index (χ0) is 27.7. The molecule has 0 amide bonds. The highest BCUT2D eigenvalue weighted by atomic mass is 16.4. The quantitative estimate of drug-likeness (QED) is 0.0753. The average Bonchev–Trinajstić information content (AvgIpc) is 2.81. The lowest BCUT2D eigenvalue weighted by Gasteiger charge is -2.36. The van der Waals surface area contributed by atoms with Gasteiger partial charge in [0, 0.05) is 6.42 Å². The van der Waals surface area contributed by atoms with Gasteiger partial charge in [0.2, 0.25) is 0 Å². The molecule has 0 spiro atoms. The fraction of sp³-hybridized carbons (Fsp3) is 0.970. The molecular formula is C33H68NO3+. The molecule has 1 unspecified atom stereocenters. The van der Waals surface area contributed by atoms with Crippen LogP contribution in [0.1, 0.15) is 174 Å². The highest BCUT2D eigenvalue weighted by Crippen LogP contribution is 2.21. The van der Waals surface area contributed by atoms with Crippen LogP contribution in [0.2, 0.25) is 0 Å². The van der Waals surface area contributed by atoms with Gasteiger partial charge in [0.15, 0.2) is 0 Å². The van der Waals surface area contributed by atoms with Crippen LogP contribution in [0.25, 0.3) is 0 Å². The maximum Gasteiger partial charge on any atom is 0.303 e. The minimum atomic E-state index is -0.675. The Balaban J connectivity index is 3.57. The third-order valence-electron chi connectivity index (χ3n) is 7.99. The van der Waals surface area contributed by atoms with Crippen LogP contribution in [0.15, 0.2) is 0 Å². The van der Waals surface area contributed by atoms with E-state index < -0.39 is 11.6 Å². The number of unbranched alkanes of at least 4 members (excludes halogenated alkanes) is 21. The number of carboxylic acid groups (broad SMARTS) is 1. The molecule has 0 saturated carbocycles. The minimum Gasteiger partial charge on any atom is -0.481 e. The van der Waals surface area contributed by atoms with Gasteiger partial charge in [-0.25, -0.2) is 0 Å². The zero-order valence-corrected chi connectivity index (χ0v) is 25.8. The molecule has 0 saturated heterocycles. The smallest absolute Gasteiger partial charge is 0.303 e. The largest absolute Gasteiger partial charge is 0.481 e. The van der Waals surface area contributed by atoms with Crippen LogP contribution < -0.4 is 0 Å². The van der Waals surface area contributed by atoms with Gasteiger partial charge >= 0.3 is 5.97 Å². The zero-order valence-electron chi connectivity index (χ0n) is 25.8. The van der Waals surface area contributed by atoms with Crippen LogP contribution in [-0.4, -0.2) is 53.5 Å². The monoisotopic (exact) mass is 527 g/mol. The molecule has 4 nitrogen and oxygen atoms in total. The normalized spacial score (nSPS) is 13.6. The van der Waals surface area contributed by atoms with Crippen molar-refractivity contribution in [1.82, 2.24) is 0 Å². The molecular weight excluding hydrogens is 458 g/mol. The molecule has 222 valence electrons. The number of likely N-dealkylation sites (N-methyl/N-ethyl adjacent to an activating group) is 1. The first-order valence-corrected chi connectivity index (χ1v) is 16.4.